The molecule has 0 bridgehead atoms. The lowest BCUT2D eigenvalue weighted by Crippen LogP contribution is -2.58. The number of rotatable bonds is 6. The van der Waals surface area contributed by atoms with Gasteiger partial charge in [-0.2, -0.15) is 0 Å². The van der Waals surface area contributed by atoms with Gasteiger partial charge in [-0.05, 0) is 72.2 Å². The molecule has 2 fully saturated rings. The number of pyridine rings is 1. The first-order valence-electron chi connectivity index (χ1n) is 16.0. The second-order valence-corrected chi connectivity index (χ2v) is 13.1. The molecular formula is C35H37F2N5O3. The Hall–Kier alpha value is -4.18. The van der Waals surface area contributed by atoms with E-state index in [0.717, 1.165) is 48.4 Å². The van der Waals surface area contributed by atoms with Crippen molar-refractivity contribution in [1.82, 2.24) is 15.2 Å². The molecule has 2 aliphatic heterocycles. The second kappa shape index (κ2) is 12.0. The molecule has 1 saturated carbocycles. The second-order valence-electron chi connectivity index (χ2n) is 13.1. The molecule has 3 heterocycles. The van der Waals surface area contributed by atoms with Crippen molar-refractivity contribution >= 4 is 29.2 Å². The van der Waals surface area contributed by atoms with Crippen LogP contribution in [0.4, 0.5) is 20.3 Å². The Bertz CT molecular complexity index is 1640. The van der Waals surface area contributed by atoms with Gasteiger partial charge in [0, 0.05) is 30.1 Å². The lowest BCUT2D eigenvalue weighted by Gasteiger charge is -2.40. The summed E-state index contributed by atoms with van der Waals surface area (Å²) in [5.41, 5.74) is 3.03. The monoisotopic (exact) mass is 613 g/mol. The van der Waals surface area contributed by atoms with Crippen molar-refractivity contribution in [2.24, 2.45) is 5.92 Å². The van der Waals surface area contributed by atoms with Crippen LogP contribution in [0.3, 0.4) is 0 Å². The van der Waals surface area contributed by atoms with Crippen LogP contribution in [0.1, 0.15) is 73.2 Å². The van der Waals surface area contributed by atoms with Gasteiger partial charge in [-0.15, -0.1) is 0 Å². The van der Waals surface area contributed by atoms with Crippen molar-refractivity contribution < 1.29 is 23.2 Å². The standard InChI is InChI=1S/C35H37F2N5O3/c36-25-13-23(14-26(37)16-25)30-19-39-29(12-21-6-3-1-2-4-7-21)33(44)42(30)20-31(43)40-27-10-9-22-17-35(18-24(22)15-27)28-8-5-11-38-32(28)41-34(35)45/h5,8-11,13-16,21,29-30,39H,1-4,6-7,12,17-20H2,(H,40,43)(H,38,41,45)/t29-,30-,35?/m0/s1. The molecule has 1 unspecified atom stereocenters. The Morgan fingerprint density at radius 2 is 1.73 bits per heavy atom. The van der Waals surface area contributed by atoms with E-state index in [1.165, 1.54) is 29.9 Å². The van der Waals surface area contributed by atoms with E-state index in [2.05, 4.69) is 20.9 Å². The largest absolute Gasteiger partial charge is 0.325 e. The highest BCUT2D eigenvalue weighted by Crippen LogP contribution is 2.47. The molecule has 1 aromatic heterocycles. The molecule has 45 heavy (non-hydrogen) atoms. The van der Waals surface area contributed by atoms with E-state index in [-0.39, 0.29) is 18.4 Å². The maximum Gasteiger partial charge on any atom is 0.244 e. The lowest BCUT2D eigenvalue weighted by molar-refractivity contribution is -0.142. The minimum absolute atomic E-state index is 0.0755. The van der Waals surface area contributed by atoms with Gasteiger partial charge in [0.15, 0.2) is 0 Å². The molecule has 10 heteroatoms. The number of carbonyl (C=O) groups excluding carboxylic acids is 3. The Balaban J connectivity index is 1.09. The van der Waals surface area contributed by atoms with Gasteiger partial charge in [0.05, 0.1) is 17.5 Å². The number of amides is 3. The Morgan fingerprint density at radius 3 is 2.51 bits per heavy atom. The average molecular weight is 614 g/mol. The normalized spacial score (nSPS) is 24.7. The number of nitrogens with zero attached hydrogens (tertiary/aromatic N) is 2. The number of hydrogen-bond acceptors (Lipinski definition) is 5. The molecule has 3 amide bonds. The number of fused-ring (bicyclic) bond motifs is 3. The number of anilines is 2. The summed E-state index contributed by atoms with van der Waals surface area (Å²) in [6.45, 7) is 0.0333. The van der Waals surface area contributed by atoms with E-state index in [9.17, 15) is 23.2 Å². The van der Waals surface area contributed by atoms with Crippen molar-refractivity contribution in [1.29, 1.82) is 0 Å². The molecule has 8 nitrogen and oxygen atoms in total. The van der Waals surface area contributed by atoms with Crippen molar-refractivity contribution in [2.75, 3.05) is 23.7 Å². The number of carbonyl (C=O) groups is 3. The number of piperazine rings is 1. The van der Waals surface area contributed by atoms with Crippen LogP contribution < -0.4 is 16.0 Å². The zero-order chi connectivity index (χ0) is 31.1. The molecule has 2 aliphatic carbocycles. The van der Waals surface area contributed by atoms with Crippen LogP contribution in [0.2, 0.25) is 0 Å². The molecule has 3 aromatic rings. The third-order valence-corrected chi connectivity index (χ3v) is 10.1. The molecule has 4 aliphatic rings. The minimum atomic E-state index is -0.729. The number of hydrogen-bond donors (Lipinski definition) is 3. The summed E-state index contributed by atoms with van der Waals surface area (Å²) < 4.78 is 28.5. The summed E-state index contributed by atoms with van der Waals surface area (Å²) in [5.74, 6) is -1.15. The minimum Gasteiger partial charge on any atom is -0.325 e. The summed E-state index contributed by atoms with van der Waals surface area (Å²) in [5, 5.41) is 9.18. The summed E-state index contributed by atoms with van der Waals surface area (Å²) >= 11 is 0. The van der Waals surface area contributed by atoms with E-state index in [1.807, 2.05) is 24.3 Å². The molecule has 1 saturated heterocycles. The Kier molecular flexibility index (Phi) is 7.85. The molecular weight excluding hydrogens is 576 g/mol. The van der Waals surface area contributed by atoms with Crippen molar-refractivity contribution in [2.45, 2.75) is 75.3 Å². The number of halogens is 2. The van der Waals surface area contributed by atoms with Gasteiger partial charge in [-0.25, -0.2) is 13.8 Å². The first-order valence-corrected chi connectivity index (χ1v) is 16.0. The zero-order valence-corrected chi connectivity index (χ0v) is 25.1. The average Bonchev–Trinajstić information content (AvgIpc) is 3.38. The van der Waals surface area contributed by atoms with Gasteiger partial charge < -0.3 is 20.9 Å². The van der Waals surface area contributed by atoms with Crippen LogP contribution in [0, 0.1) is 17.6 Å². The maximum atomic E-state index is 14.2. The molecule has 0 radical (unpaired) electrons. The van der Waals surface area contributed by atoms with E-state index in [0.29, 0.717) is 48.8 Å². The highest BCUT2D eigenvalue weighted by Gasteiger charge is 2.51. The Morgan fingerprint density at radius 1 is 0.978 bits per heavy atom. The van der Waals surface area contributed by atoms with Crippen LogP contribution >= 0.6 is 0 Å². The summed E-state index contributed by atoms with van der Waals surface area (Å²) in [6.07, 6.45) is 10.3. The first-order chi connectivity index (χ1) is 21.8. The fraction of sp³-hybridized carbons (Fsp3) is 0.429. The third-order valence-electron chi connectivity index (χ3n) is 10.1. The summed E-state index contributed by atoms with van der Waals surface area (Å²) in [6, 6.07) is 11.5. The van der Waals surface area contributed by atoms with Crippen LogP contribution in [-0.4, -0.2) is 46.7 Å². The van der Waals surface area contributed by atoms with E-state index >= 15 is 0 Å². The molecule has 234 valence electrons. The first kappa shape index (κ1) is 29.5. The van der Waals surface area contributed by atoms with Crippen LogP contribution in [0.25, 0.3) is 0 Å². The van der Waals surface area contributed by atoms with Crippen LogP contribution in [0.5, 0.6) is 0 Å². The topological polar surface area (TPSA) is 103 Å². The van der Waals surface area contributed by atoms with Gasteiger partial charge in [0.25, 0.3) is 0 Å². The van der Waals surface area contributed by atoms with Gasteiger partial charge >= 0.3 is 0 Å². The number of nitrogens with one attached hydrogen (secondary N) is 3. The molecule has 2 aromatic carbocycles. The van der Waals surface area contributed by atoms with Crippen molar-refractivity contribution in [3.63, 3.8) is 0 Å². The van der Waals surface area contributed by atoms with Gasteiger partial charge in [-0.1, -0.05) is 50.7 Å². The molecule has 7 rings (SSSR count). The highest BCUT2D eigenvalue weighted by atomic mass is 19.1. The van der Waals surface area contributed by atoms with Gasteiger partial charge in [0.2, 0.25) is 17.7 Å². The van der Waals surface area contributed by atoms with E-state index in [4.69, 9.17) is 0 Å². The van der Waals surface area contributed by atoms with Gasteiger partial charge in [0.1, 0.15) is 24.0 Å². The fourth-order valence-corrected chi connectivity index (χ4v) is 7.88. The maximum absolute atomic E-state index is 14.2. The molecule has 3 atom stereocenters. The Labute approximate surface area is 261 Å². The zero-order valence-electron chi connectivity index (χ0n) is 25.1. The van der Waals surface area contributed by atoms with E-state index < -0.39 is 35.0 Å². The summed E-state index contributed by atoms with van der Waals surface area (Å²) in [7, 11) is 0. The fourth-order valence-electron chi connectivity index (χ4n) is 7.88. The van der Waals surface area contributed by atoms with Crippen molar-refractivity contribution in [3.8, 4) is 0 Å². The number of benzene rings is 2. The predicted octanol–water partition coefficient (Wildman–Crippen LogP) is 5.19. The van der Waals surface area contributed by atoms with Crippen molar-refractivity contribution in [3.05, 3.63) is 88.6 Å². The van der Waals surface area contributed by atoms with Crippen LogP contribution in [-0.2, 0) is 32.6 Å². The van der Waals surface area contributed by atoms with E-state index in [1.54, 1.807) is 12.3 Å². The lowest BCUT2D eigenvalue weighted by atomic mass is 9.79. The quantitative estimate of drug-likeness (QED) is 0.332. The predicted molar refractivity (Wildman–Crippen MR) is 165 cm³/mol. The van der Waals surface area contributed by atoms with Gasteiger partial charge in [-0.3, -0.25) is 14.4 Å². The molecule has 1 spiro atoms. The highest BCUT2D eigenvalue weighted by molar-refractivity contribution is 6.06. The SMILES string of the molecule is O=C(CN1C(=O)[C@H](CC2CCCCCC2)NC[C@H]1c1cc(F)cc(F)c1)Nc1ccc2c(c1)CC1(C2)C(=O)Nc2ncccc21. The smallest absolute Gasteiger partial charge is 0.244 e. The number of aromatic nitrogens is 1. The summed E-state index contributed by atoms with van der Waals surface area (Å²) in [4.78, 5) is 46.3. The molecule has 3 N–H and O–H groups in total. The third kappa shape index (κ3) is 5.72. The van der Waals surface area contributed by atoms with Crippen LogP contribution in [0.15, 0.2) is 54.7 Å².